The molecule has 0 aromatic heterocycles. The molecular weight excluding hydrogens is 258 g/mol. The van der Waals surface area contributed by atoms with E-state index in [4.69, 9.17) is 14.8 Å². The van der Waals surface area contributed by atoms with Crippen LogP contribution in [-0.2, 0) is 13.6 Å². The van der Waals surface area contributed by atoms with E-state index in [0.717, 1.165) is 0 Å². The van der Waals surface area contributed by atoms with Crippen LogP contribution in [0.25, 0.3) is 0 Å². The maximum absolute atomic E-state index is 12.9. The zero-order valence-electron chi connectivity index (χ0n) is 10.5. The van der Waals surface area contributed by atoms with E-state index in [0.29, 0.717) is 5.69 Å². The third kappa shape index (κ3) is 4.29. The van der Waals surface area contributed by atoms with Crippen molar-refractivity contribution < 1.29 is 18.0 Å². The molecule has 0 bridgehead atoms. The average molecular weight is 276 g/mol. The smallest absolute Gasteiger partial charge is 0.349 e. The van der Waals surface area contributed by atoms with Crippen molar-refractivity contribution >= 4 is 19.0 Å². The van der Waals surface area contributed by atoms with Gasteiger partial charge in [-0.15, -0.1) is 0 Å². The number of halogens is 1. The van der Waals surface area contributed by atoms with Crippen LogP contribution >= 0.6 is 7.60 Å². The minimum atomic E-state index is -3.18. The van der Waals surface area contributed by atoms with Gasteiger partial charge < -0.3 is 20.1 Å². The summed E-state index contributed by atoms with van der Waals surface area (Å²) < 4.78 is 35.2. The fourth-order valence-electron chi connectivity index (χ4n) is 1.40. The van der Waals surface area contributed by atoms with Crippen molar-refractivity contribution in [1.82, 2.24) is 0 Å². The number of nitrogens with two attached hydrogens (primary N) is 1. The summed E-state index contributed by atoms with van der Waals surface area (Å²) in [7, 11) is -3.18. The molecule has 0 aliphatic heterocycles. The Labute approximate surface area is 106 Å². The van der Waals surface area contributed by atoms with Crippen molar-refractivity contribution in [3.8, 4) is 0 Å². The first-order valence-corrected chi connectivity index (χ1v) is 7.40. The molecule has 0 saturated heterocycles. The summed E-state index contributed by atoms with van der Waals surface area (Å²) in [5.41, 5.74) is 6.37. The van der Waals surface area contributed by atoms with Gasteiger partial charge in [-0.05, 0) is 32.0 Å². The summed E-state index contributed by atoms with van der Waals surface area (Å²) in [4.78, 5) is 0. The minimum Gasteiger partial charge on any atom is -0.397 e. The lowest BCUT2D eigenvalue weighted by atomic mass is 10.2. The molecule has 18 heavy (non-hydrogen) atoms. The molecule has 1 aromatic carbocycles. The molecule has 0 amide bonds. The fourth-order valence-corrected chi connectivity index (χ4v) is 2.81. The molecule has 0 aliphatic rings. The van der Waals surface area contributed by atoms with E-state index in [-0.39, 0.29) is 25.2 Å². The molecule has 0 saturated carbocycles. The van der Waals surface area contributed by atoms with Gasteiger partial charge in [-0.25, -0.2) is 4.39 Å². The molecule has 3 N–H and O–H groups in total. The number of anilines is 2. The molecule has 0 unspecified atom stereocenters. The predicted octanol–water partition coefficient (Wildman–Crippen LogP) is 3.04. The first kappa shape index (κ1) is 15.0. The quantitative estimate of drug-likeness (QED) is 0.591. The van der Waals surface area contributed by atoms with Gasteiger partial charge in [0.05, 0.1) is 24.6 Å². The van der Waals surface area contributed by atoms with E-state index in [1.165, 1.54) is 18.2 Å². The number of hydrogen-bond donors (Lipinski definition) is 2. The Hall–Kier alpha value is -1.10. The maximum Gasteiger partial charge on any atom is 0.349 e. The van der Waals surface area contributed by atoms with Crippen LogP contribution in [0.15, 0.2) is 18.2 Å². The van der Waals surface area contributed by atoms with Gasteiger partial charge in [-0.3, -0.25) is 4.57 Å². The number of nitrogen functional groups attached to an aromatic ring is 1. The molecule has 7 heteroatoms. The van der Waals surface area contributed by atoms with Gasteiger partial charge >= 0.3 is 7.60 Å². The SMILES string of the molecule is CCOP(=O)(CNc1ccc(F)cc1N)OCC. The zero-order chi connectivity index (χ0) is 13.6. The Balaban J connectivity index is 2.69. The van der Waals surface area contributed by atoms with Crippen LogP contribution in [0.2, 0.25) is 0 Å². The average Bonchev–Trinajstić information content (AvgIpc) is 2.28. The Bertz CT molecular complexity index is 432. The van der Waals surface area contributed by atoms with Crippen molar-refractivity contribution in [3.05, 3.63) is 24.0 Å². The van der Waals surface area contributed by atoms with Crippen molar-refractivity contribution in [2.45, 2.75) is 13.8 Å². The van der Waals surface area contributed by atoms with E-state index in [1.54, 1.807) is 13.8 Å². The third-order valence-electron chi connectivity index (χ3n) is 2.13. The molecule has 0 fully saturated rings. The van der Waals surface area contributed by atoms with Gasteiger partial charge in [0.15, 0.2) is 0 Å². The summed E-state index contributed by atoms with van der Waals surface area (Å²) in [5.74, 6) is -0.421. The second kappa shape index (κ2) is 6.73. The number of hydrogen-bond acceptors (Lipinski definition) is 5. The summed E-state index contributed by atoms with van der Waals surface area (Å²) in [6.07, 6.45) is -0.00941. The van der Waals surface area contributed by atoms with Gasteiger partial charge in [-0.2, -0.15) is 0 Å². The van der Waals surface area contributed by atoms with Gasteiger partial charge in [0.25, 0.3) is 0 Å². The van der Waals surface area contributed by atoms with Gasteiger partial charge in [0, 0.05) is 0 Å². The highest BCUT2D eigenvalue weighted by Crippen LogP contribution is 2.47. The van der Waals surface area contributed by atoms with Crippen LogP contribution in [0.3, 0.4) is 0 Å². The number of rotatable bonds is 7. The van der Waals surface area contributed by atoms with Crippen molar-refractivity contribution in [1.29, 1.82) is 0 Å². The third-order valence-corrected chi connectivity index (χ3v) is 3.98. The predicted molar refractivity (Wildman–Crippen MR) is 70.2 cm³/mol. The zero-order valence-corrected chi connectivity index (χ0v) is 11.4. The van der Waals surface area contributed by atoms with Crippen LogP contribution in [0.5, 0.6) is 0 Å². The summed E-state index contributed by atoms with van der Waals surface area (Å²) in [6.45, 7) is 4.05. The standard InChI is InChI=1S/C11H18FN2O3P/c1-3-16-18(15,17-4-2)8-14-11-6-5-9(12)7-10(11)13/h5-7,14H,3-4,8,13H2,1-2H3. The van der Waals surface area contributed by atoms with Crippen LogP contribution in [0.1, 0.15) is 13.8 Å². The second-order valence-corrected chi connectivity index (χ2v) is 5.57. The first-order valence-electron chi connectivity index (χ1n) is 5.67. The summed E-state index contributed by atoms with van der Waals surface area (Å²) in [6, 6.07) is 3.94. The molecule has 1 aromatic rings. The highest BCUT2D eigenvalue weighted by Gasteiger charge is 2.23. The number of benzene rings is 1. The van der Waals surface area contributed by atoms with Crippen LogP contribution in [-0.4, -0.2) is 19.5 Å². The minimum absolute atomic E-state index is 0.00941. The molecule has 0 atom stereocenters. The van der Waals surface area contributed by atoms with E-state index < -0.39 is 13.4 Å². The Kier molecular flexibility index (Phi) is 5.59. The van der Waals surface area contributed by atoms with Crippen LogP contribution in [0.4, 0.5) is 15.8 Å². The highest BCUT2D eigenvalue weighted by atomic mass is 31.2. The van der Waals surface area contributed by atoms with Gasteiger partial charge in [0.1, 0.15) is 12.1 Å². The van der Waals surface area contributed by atoms with Crippen molar-refractivity contribution in [2.24, 2.45) is 0 Å². The van der Waals surface area contributed by atoms with E-state index in [9.17, 15) is 8.96 Å². The summed E-state index contributed by atoms with van der Waals surface area (Å²) in [5, 5.41) is 2.85. The van der Waals surface area contributed by atoms with Gasteiger partial charge in [0.2, 0.25) is 0 Å². The lowest BCUT2D eigenvalue weighted by Crippen LogP contribution is -2.09. The molecule has 5 nitrogen and oxygen atoms in total. The van der Waals surface area contributed by atoms with Crippen molar-refractivity contribution in [3.63, 3.8) is 0 Å². The van der Waals surface area contributed by atoms with Crippen molar-refractivity contribution in [2.75, 3.05) is 30.6 Å². The molecule has 0 spiro atoms. The van der Waals surface area contributed by atoms with E-state index in [1.807, 2.05) is 0 Å². The molecule has 1 rings (SSSR count). The van der Waals surface area contributed by atoms with E-state index >= 15 is 0 Å². The Morgan fingerprint density at radius 1 is 1.33 bits per heavy atom. The normalized spacial score (nSPS) is 11.5. The highest BCUT2D eigenvalue weighted by molar-refractivity contribution is 7.53. The van der Waals surface area contributed by atoms with E-state index in [2.05, 4.69) is 5.32 Å². The largest absolute Gasteiger partial charge is 0.397 e. The molecule has 102 valence electrons. The maximum atomic E-state index is 12.9. The van der Waals surface area contributed by atoms with Gasteiger partial charge in [-0.1, -0.05) is 0 Å². The first-order chi connectivity index (χ1) is 8.50. The van der Waals surface area contributed by atoms with Crippen LogP contribution < -0.4 is 11.1 Å². The topological polar surface area (TPSA) is 73.6 Å². The summed E-state index contributed by atoms with van der Waals surface area (Å²) >= 11 is 0. The Morgan fingerprint density at radius 3 is 2.44 bits per heavy atom. The lowest BCUT2D eigenvalue weighted by Gasteiger charge is -2.18. The lowest BCUT2D eigenvalue weighted by molar-refractivity contribution is 0.221. The molecule has 0 heterocycles. The Morgan fingerprint density at radius 2 is 1.94 bits per heavy atom. The monoisotopic (exact) mass is 276 g/mol. The number of nitrogens with one attached hydrogen (secondary N) is 1. The van der Waals surface area contributed by atoms with Crippen LogP contribution in [0, 0.1) is 5.82 Å². The molecular formula is C11H18FN2O3P. The fraction of sp³-hybridized carbons (Fsp3) is 0.455. The molecule has 0 aliphatic carbocycles. The molecule has 0 radical (unpaired) electrons. The second-order valence-electron chi connectivity index (χ2n) is 3.51.